The van der Waals surface area contributed by atoms with Gasteiger partial charge in [0.25, 0.3) is 0 Å². The molecule has 1 saturated heterocycles. The molecule has 126 valence electrons. The first-order valence-electron chi connectivity index (χ1n) is 7.77. The molecule has 0 radical (unpaired) electrons. The number of carbonyl (C=O) groups is 2. The monoisotopic (exact) mass is 345 g/mol. The molecule has 3 rings (SSSR count). The van der Waals surface area contributed by atoms with Gasteiger partial charge in [-0.2, -0.15) is 0 Å². The number of carbonyl (C=O) groups excluding carboxylic acids is 2. The third kappa shape index (κ3) is 4.08. The van der Waals surface area contributed by atoms with Crippen LogP contribution in [0.25, 0.3) is 0 Å². The maximum Gasteiger partial charge on any atom is 0.225 e. The number of hydrogen-bond acceptors (Lipinski definition) is 6. The number of pyridine rings is 1. The van der Waals surface area contributed by atoms with Gasteiger partial charge in [0.05, 0.1) is 23.9 Å². The van der Waals surface area contributed by atoms with Crippen molar-refractivity contribution in [2.75, 3.05) is 18.8 Å². The Morgan fingerprint density at radius 3 is 3.00 bits per heavy atom. The van der Waals surface area contributed by atoms with E-state index in [9.17, 15) is 9.59 Å². The molecule has 7 nitrogen and oxygen atoms in total. The van der Waals surface area contributed by atoms with Gasteiger partial charge in [0.2, 0.25) is 11.8 Å². The quantitative estimate of drug-likeness (QED) is 0.807. The Hall–Kier alpha value is -2.48. The number of likely N-dealkylation sites (tertiary alicyclic amines) is 1. The molecule has 1 fully saturated rings. The van der Waals surface area contributed by atoms with Gasteiger partial charge in [0.15, 0.2) is 5.13 Å². The molecule has 0 saturated carbocycles. The highest BCUT2D eigenvalue weighted by atomic mass is 32.1. The van der Waals surface area contributed by atoms with Crippen molar-refractivity contribution < 1.29 is 9.59 Å². The zero-order chi connectivity index (χ0) is 16.9. The smallest absolute Gasteiger partial charge is 0.225 e. The van der Waals surface area contributed by atoms with E-state index in [0.29, 0.717) is 31.2 Å². The Balaban J connectivity index is 1.47. The molecule has 1 aliphatic rings. The van der Waals surface area contributed by atoms with Gasteiger partial charge < -0.3 is 16.0 Å². The van der Waals surface area contributed by atoms with Crippen LogP contribution < -0.4 is 11.1 Å². The zero-order valence-corrected chi connectivity index (χ0v) is 14.0. The Bertz CT molecular complexity index is 718. The van der Waals surface area contributed by atoms with Gasteiger partial charge in [-0.05, 0) is 12.1 Å². The van der Waals surface area contributed by atoms with Gasteiger partial charge in [0, 0.05) is 37.5 Å². The lowest BCUT2D eigenvalue weighted by Gasteiger charge is -2.16. The summed E-state index contributed by atoms with van der Waals surface area (Å²) in [4.78, 5) is 34.4. The molecule has 0 spiro atoms. The van der Waals surface area contributed by atoms with E-state index in [1.54, 1.807) is 11.1 Å². The van der Waals surface area contributed by atoms with Gasteiger partial charge in [0.1, 0.15) is 0 Å². The molecule has 0 unspecified atom stereocenters. The summed E-state index contributed by atoms with van der Waals surface area (Å²) in [5.74, 6) is -0.398. The van der Waals surface area contributed by atoms with Crippen molar-refractivity contribution in [3.8, 4) is 0 Å². The summed E-state index contributed by atoms with van der Waals surface area (Å²) in [6.07, 6.45) is 2.59. The van der Waals surface area contributed by atoms with Crippen molar-refractivity contribution in [3.05, 3.63) is 41.2 Å². The minimum absolute atomic E-state index is 0.00641. The number of nitrogens with two attached hydrogens (primary N) is 1. The normalized spacial score (nSPS) is 17.2. The third-order valence-electron chi connectivity index (χ3n) is 3.91. The van der Waals surface area contributed by atoms with E-state index in [1.165, 1.54) is 11.3 Å². The number of rotatable bonds is 6. The number of nitrogens with zero attached hydrogens (tertiary/aromatic N) is 3. The predicted octanol–water partition coefficient (Wildman–Crippen LogP) is 0.828. The lowest BCUT2D eigenvalue weighted by Crippen LogP contribution is -2.34. The first kappa shape index (κ1) is 16.4. The number of anilines is 1. The minimum Gasteiger partial charge on any atom is -0.375 e. The summed E-state index contributed by atoms with van der Waals surface area (Å²) in [6, 6.07) is 5.60. The molecule has 2 aromatic heterocycles. The van der Waals surface area contributed by atoms with Gasteiger partial charge >= 0.3 is 0 Å². The average Bonchev–Trinajstić information content (AvgIpc) is 3.15. The number of nitrogens with one attached hydrogen (secondary N) is 1. The number of thiazole rings is 1. The third-order valence-corrected chi connectivity index (χ3v) is 4.64. The van der Waals surface area contributed by atoms with E-state index in [-0.39, 0.29) is 24.2 Å². The van der Waals surface area contributed by atoms with Crippen molar-refractivity contribution in [1.29, 1.82) is 0 Å². The summed E-state index contributed by atoms with van der Waals surface area (Å²) < 4.78 is 0. The molecule has 0 bridgehead atoms. The highest BCUT2D eigenvalue weighted by Gasteiger charge is 2.34. The summed E-state index contributed by atoms with van der Waals surface area (Å²) in [5, 5.41) is 5.29. The number of hydrogen-bond donors (Lipinski definition) is 2. The summed E-state index contributed by atoms with van der Waals surface area (Å²) in [6.45, 7) is 1.37. The van der Waals surface area contributed by atoms with E-state index >= 15 is 0 Å². The average molecular weight is 345 g/mol. The van der Waals surface area contributed by atoms with Gasteiger partial charge in [-0.3, -0.25) is 14.6 Å². The number of nitrogen functional groups attached to an aromatic ring is 1. The van der Waals surface area contributed by atoms with Crippen molar-refractivity contribution in [2.24, 2.45) is 5.92 Å². The largest absolute Gasteiger partial charge is 0.375 e. The fraction of sp³-hybridized carbons (Fsp3) is 0.375. The molecule has 3 heterocycles. The highest BCUT2D eigenvalue weighted by molar-refractivity contribution is 7.13. The van der Waals surface area contributed by atoms with Crippen LogP contribution in [0.4, 0.5) is 5.13 Å². The maximum atomic E-state index is 12.2. The zero-order valence-electron chi connectivity index (χ0n) is 13.1. The molecule has 2 amide bonds. The second-order valence-corrected chi connectivity index (χ2v) is 6.60. The molecular formula is C16H19N5O2S. The van der Waals surface area contributed by atoms with E-state index in [2.05, 4.69) is 15.3 Å². The van der Waals surface area contributed by atoms with E-state index in [1.807, 2.05) is 23.6 Å². The molecular weight excluding hydrogens is 326 g/mol. The molecule has 1 aliphatic heterocycles. The molecule has 3 N–H and O–H groups in total. The first-order valence-corrected chi connectivity index (χ1v) is 8.65. The van der Waals surface area contributed by atoms with Crippen LogP contribution in [-0.4, -0.2) is 39.8 Å². The molecule has 0 aromatic carbocycles. The van der Waals surface area contributed by atoms with Crippen LogP contribution in [0.15, 0.2) is 29.8 Å². The molecule has 2 aromatic rings. The minimum atomic E-state index is -0.304. The lowest BCUT2D eigenvalue weighted by molar-refractivity contribution is -0.129. The maximum absolute atomic E-state index is 12.2. The number of amides is 2. The summed E-state index contributed by atoms with van der Waals surface area (Å²) >= 11 is 1.39. The second kappa shape index (κ2) is 7.39. The fourth-order valence-corrected chi connectivity index (χ4v) is 3.28. The van der Waals surface area contributed by atoms with Crippen LogP contribution in [0.2, 0.25) is 0 Å². The van der Waals surface area contributed by atoms with Crippen LogP contribution in [0.5, 0.6) is 0 Å². The van der Waals surface area contributed by atoms with E-state index < -0.39 is 0 Å². The Labute approximate surface area is 143 Å². The second-order valence-electron chi connectivity index (χ2n) is 5.71. The van der Waals surface area contributed by atoms with Crippen LogP contribution in [0, 0.1) is 5.92 Å². The molecule has 8 heteroatoms. The van der Waals surface area contributed by atoms with Crippen molar-refractivity contribution in [3.63, 3.8) is 0 Å². The summed E-state index contributed by atoms with van der Waals surface area (Å²) in [5.41, 5.74) is 7.27. The highest BCUT2D eigenvalue weighted by Crippen LogP contribution is 2.20. The molecule has 0 aliphatic carbocycles. The summed E-state index contributed by atoms with van der Waals surface area (Å²) in [7, 11) is 0. The predicted molar refractivity (Wildman–Crippen MR) is 91.0 cm³/mol. The fourth-order valence-electron chi connectivity index (χ4n) is 2.68. The van der Waals surface area contributed by atoms with Crippen molar-refractivity contribution in [2.45, 2.75) is 19.4 Å². The van der Waals surface area contributed by atoms with Crippen LogP contribution in [0.1, 0.15) is 17.8 Å². The van der Waals surface area contributed by atoms with E-state index in [4.69, 9.17) is 5.73 Å². The molecule has 1 atom stereocenters. The standard InChI is InChI=1S/C16H19N5O2S/c17-16-20-13(10-24-16)4-6-19-15(23)11-7-14(22)21(8-11)9-12-3-1-2-5-18-12/h1-3,5,10-11H,4,6-9H2,(H2,17,20)(H,19,23)/t11-/m1/s1. The van der Waals surface area contributed by atoms with Crippen LogP contribution in [0.3, 0.4) is 0 Å². The lowest BCUT2D eigenvalue weighted by atomic mass is 10.1. The Morgan fingerprint density at radius 1 is 1.42 bits per heavy atom. The first-order chi connectivity index (χ1) is 11.6. The van der Waals surface area contributed by atoms with Crippen LogP contribution >= 0.6 is 11.3 Å². The van der Waals surface area contributed by atoms with Gasteiger partial charge in [-0.1, -0.05) is 6.07 Å². The van der Waals surface area contributed by atoms with Gasteiger partial charge in [-0.25, -0.2) is 4.98 Å². The van der Waals surface area contributed by atoms with E-state index in [0.717, 1.165) is 11.4 Å². The number of aromatic nitrogens is 2. The molecule has 24 heavy (non-hydrogen) atoms. The Morgan fingerprint density at radius 2 is 2.29 bits per heavy atom. The van der Waals surface area contributed by atoms with Crippen molar-refractivity contribution >= 4 is 28.3 Å². The van der Waals surface area contributed by atoms with Gasteiger partial charge in [-0.15, -0.1) is 11.3 Å². The van der Waals surface area contributed by atoms with Crippen molar-refractivity contribution in [1.82, 2.24) is 20.2 Å². The SMILES string of the molecule is Nc1nc(CCNC(=O)[C@@H]2CC(=O)N(Cc3ccccn3)C2)cs1. The topological polar surface area (TPSA) is 101 Å². The Kier molecular flexibility index (Phi) is 5.05. The van der Waals surface area contributed by atoms with Crippen LogP contribution in [-0.2, 0) is 22.6 Å².